The third kappa shape index (κ3) is 2.85. The number of H-pyrrole nitrogens is 1. The van der Waals surface area contributed by atoms with Gasteiger partial charge in [-0.25, -0.2) is 0 Å². The van der Waals surface area contributed by atoms with Crippen molar-refractivity contribution >= 4 is 5.91 Å². The molecule has 6 heteroatoms. The van der Waals surface area contributed by atoms with Crippen LogP contribution in [0.4, 0.5) is 0 Å². The molecule has 1 aromatic heterocycles. The van der Waals surface area contributed by atoms with Gasteiger partial charge in [0.05, 0.1) is 0 Å². The first kappa shape index (κ1) is 13.2. The number of nitrogens with one attached hydrogen (secondary N) is 1. The number of aromatic amines is 1. The zero-order valence-corrected chi connectivity index (χ0v) is 11.3. The summed E-state index contributed by atoms with van der Waals surface area (Å²) in [5.41, 5.74) is 0.427. The van der Waals surface area contributed by atoms with E-state index in [1.807, 2.05) is 4.90 Å². The van der Waals surface area contributed by atoms with Gasteiger partial charge in [-0.05, 0) is 12.8 Å². The van der Waals surface area contributed by atoms with Crippen LogP contribution in [-0.4, -0.2) is 52.0 Å². The molecule has 20 heavy (non-hydrogen) atoms. The molecule has 0 unspecified atom stereocenters. The Morgan fingerprint density at radius 1 is 1.30 bits per heavy atom. The predicted octanol–water partition coefficient (Wildman–Crippen LogP) is 0.135. The Kier molecular flexibility index (Phi) is 3.48. The summed E-state index contributed by atoms with van der Waals surface area (Å²) in [6.45, 7) is 3.80. The lowest BCUT2D eigenvalue weighted by molar-refractivity contribution is -0.134. The SMILES string of the molecule is O=C(C1CC1)N1CCN(Cc2cc(=O)c(O)c[nH]2)CC1. The summed E-state index contributed by atoms with van der Waals surface area (Å²) in [5.74, 6) is 0.339. The minimum absolute atomic E-state index is 0.256. The third-order valence-corrected chi connectivity index (χ3v) is 3.96. The summed E-state index contributed by atoms with van der Waals surface area (Å²) in [5, 5.41) is 9.20. The van der Waals surface area contributed by atoms with Gasteiger partial charge in [-0.2, -0.15) is 0 Å². The van der Waals surface area contributed by atoms with Crippen molar-refractivity contribution in [3.8, 4) is 5.75 Å². The van der Waals surface area contributed by atoms with Crippen molar-refractivity contribution in [2.24, 2.45) is 5.92 Å². The number of carbonyl (C=O) groups is 1. The molecule has 3 rings (SSSR count). The largest absolute Gasteiger partial charge is 0.503 e. The highest BCUT2D eigenvalue weighted by atomic mass is 16.3. The number of aromatic hydroxyl groups is 1. The number of hydrogen-bond acceptors (Lipinski definition) is 4. The van der Waals surface area contributed by atoms with Crippen LogP contribution >= 0.6 is 0 Å². The van der Waals surface area contributed by atoms with Crippen LogP contribution in [0.1, 0.15) is 18.5 Å². The Morgan fingerprint density at radius 3 is 2.60 bits per heavy atom. The van der Waals surface area contributed by atoms with Gasteiger partial charge in [-0.1, -0.05) is 0 Å². The van der Waals surface area contributed by atoms with Crippen molar-refractivity contribution in [3.05, 3.63) is 28.2 Å². The van der Waals surface area contributed by atoms with E-state index in [0.29, 0.717) is 12.5 Å². The summed E-state index contributed by atoms with van der Waals surface area (Å²) in [7, 11) is 0. The number of pyridine rings is 1. The van der Waals surface area contributed by atoms with Gasteiger partial charge in [0.1, 0.15) is 0 Å². The molecule has 0 aromatic carbocycles. The number of aromatic nitrogens is 1. The highest BCUT2D eigenvalue weighted by molar-refractivity contribution is 5.81. The number of hydrogen-bond donors (Lipinski definition) is 2. The third-order valence-electron chi connectivity index (χ3n) is 3.96. The minimum atomic E-state index is -0.360. The second-order valence-electron chi connectivity index (χ2n) is 5.58. The molecule has 2 aliphatic rings. The van der Waals surface area contributed by atoms with Gasteiger partial charge in [-0.15, -0.1) is 0 Å². The molecule has 0 radical (unpaired) electrons. The van der Waals surface area contributed by atoms with E-state index in [4.69, 9.17) is 0 Å². The molecule has 1 amide bonds. The monoisotopic (exact) mass is 277 g/mol. The fourth-order valence-corrected chi connectivity index (χ4v) is 2.55. The van der Waals surface area contributed by atoms with Gasteiger partial charge in [0.25, 0.3) is 0 Å². The van der Waals surface area contributed by atoms with Gasteiger partial charge >= 0.3 is 0 Å². The lowest BCUT2D eigenvalue weighted by atomic mass is 10.2. The van der Waals surface area contributed by atoms with E-state index in [1.165, 1.54) is 12.3 Å². The maximum Gasteiger partial charge on any atom is 0.225 e. The number of nitrogens with zero attached hydrogens (tertiary/aromatic N) is 2. The molecule has 0 bridgehead atoms. The van der Waals surface area contributed by atoms with Crippen LogP contribution in [0.2, 0.25) is 0 Å². The predicted molar refractivity (Wildman–Crippen MR) is 73.3 cm³/mol. The average molecular weight is 277 g/mol. The van der Waals surface area contributed by atoms with Gasteiger partial charge in [0, 0.05) is 56.6 Å². The molecule has 0 spiro atoms. The van der Waals surface area contributed by atoms with Crippen molar-refractivity contribution in [1.29, 1.82) is 0 Å². The topological polar surface area (TPSA) is 76.6 Å². The van der Waals surface area contributed by atoms with Crippen LogP contribution in [0.5, 0.6) is 5.75 Å². The quantitative estimate of drug-likeness (QED) is 0.823. The van der Waals surface area contributed by atoms with E-state index in [9.17, 15) is 14.7 Å². The Bertz CT molecular complexity index is 557. The number of amides is 1. The second kappa shape index (κ2) is 5.28. The maximum absolute atomic E-state index is 11.9. The number of rotatable bonds is 3. The first-order chi connectivity index (χ1) is 9.63. The van der Waals surface area contributed by atoms with Gasteiger partial charge in [0.15, 0.2) is 5.75 Å². The van der Waals surface area contributed by atoms with Crippen molar-refractivity contribution in [1.82, 2.24) is 14.8 Å². The van der Waals surface area contributed by atoms with E-state index in [2.05, 4.69) is 9.88 Å². The van der Waals surface area contributed by atoms with Crippen molar-refractivity contribution < 1.29 is 9.90 Å². The van der Waals surface area contributed by atoms with E-state index >= 15 is 0 Å². The van der Waals surface area contributed by atoms with Crippen molar-refractivity contribution in [3.63, 3.8) is 0 Å². The van der Waals surface area contributed by atoms with Gasteiger partial charge in [0.2, 0.25) is 11.3 Å². The Morgan fingerprint density at radius 2 is 2.00 bits per heavy atom. The molecule has 6 nitrogen and oxygen atoms in total. The van der Waals surface area contributed by atoms with Crippen molar-refractivity contribution in [2.45, 2.75) is 19.4 Å². The average Bonchev–Trinajstić information content (AvgIpc) is 3.28. The van der Waals surface area contributed by atoms with Crippen LogP contribution in [-0.2, 0) is 11.3 Å². The number of piperazine rings is 1. The zero-order chi connectivity index (χ0) is 14.1. The molecule has 2 fully saturated rings. The lowest BCUT2D eigenvalue weighted by Gasteiger charge is -2.34. The summed E-state index contributed by atoms with van der Waals surface area (Å²) >= 11 is 0. The number of carbonyl (C=O) groups excluding carboxylic acids is 1. The molecule has 1 saturated heterocycles. The van der Waals surface area contributed by atoms with Crippen LogP contribution in [0.3, 0.4) is 0 Å². The summed E-state index contributed by atoms with van der Waals surface area (Å²) in [6, 6.07) is 1.43. The summed E-state index contributed by atoms with van der Waals surface area (Å²) in [6.07, 6.45) is 3.42. The molecule has 2 heterocycles. The highest BCUT2D eigenvalue weighted by Gasteiger charge is 2.34. The molecular weight excluding hydrogens is 258 g/mol. The van der Waals surface area contributed by atoms with Crippen LogP contribution < -0.4 is 5.43 Å². The van der Waals surface area contributed by atoms with Crippen LogP contribution in [0.25, 0.3) is 0 Å². The van der Waals surface area contributed by atoms with Gasteiger partial charge < -0.3 is 15.0 Å². The molecular formula is C14H19N3O3. The standard InChI is InChI=1S/C14H19N3O3/c18-12-7-11(15-8-13(12)19)9-16-3-5-17(6-4-16)14(20)10-1-2-10/h7-8,10,19H,1-6,9H2,(H,15,18). The maximum atomic E-state index is 11.9. The van der Waals surface area contributed by atoms with Gasteiger partial charge in [-0.3, -0.25) is 14.5 Å². The normalized spacial score (nSPS) is 20.1. The molecule has 0 atom stereocenters. The molecule has 108 valence electrons. The molecule has 2 N–H and O–H groups in total. The fourth-order valence-electron chi connectivity index (χ4n) is 2.55. The van der Waals surface area contributed by atoms with Crippen LogP contribution in [0.15, 0.2) is 17.1 Å². The lowest BCUT2D eigenvalue weighted by Crippen LogP contribution is -2.48. The summed E-state index contributed by atoms with van der Waals surface area (Å²) in [4.78, 5) is 30.4. The Labute approximate surface area is 117 Å². The van der Waals surface area contributed by atoms with E-state index in [0.717, 1.165) is 44.7 Å². The first-order valence-corrected chi connectivity index (χ1v) is 7.05. The minimum Gasteiger partial charge on any atom is -0.503 e. The Balaban J connectivity index is 1.54. The summed E-state index contributed by atoms with van der Waals surface area (Å²) < 4.78 is 0. The van der Waals surface area contributed by atoms with Crippen molar-refractivity contribution in [2.75, 3.05) is 26.2 Å². The molecule has 1 saturated carbocycles. The first-order valence-electron chi connectivity index (χ1n) is 7.05. The van der Waals surface area contributed by atoms with E-state index in [-0.39, 0.29) is 17.1 Å². The molecule has 1 aromatic rings. The highest BCUT2D eigenvalue weighted by Crippen LogP contribution is 2.31. The fraction of sp³-hybridized carbons (Fsp3) is 0.571. The Hall–Kier alpha value is -1.82. The molecule has 1 aliphatic carbocycles. The zero-order valence-electron chi connectivity index (χ0n) is 11.3. The smallest absolute Gasteiger partial charge is 0.225 e. The van der Waals surface area contributed by atoms with Crippen LogP contribution in [0, 0.1) is 5.92 Å². The second-order valence-corrected chi connectivity index (χ2v) is 5.58. The molecule has 1 aliphatic heterocycles. The van der Waals surface area contributed by atoms with E-state index < -0.39 is 0 Å². The van der Waals surface area contributed by atoms with E-state index in [1.54, 1.807) is 0 Å².